The summed E-state index contributed by atoms with van der Waals surface area (Å²) in [6.07, 6.45) is 10.1. The van der Waals surface area contributed by atoms with Crippen LogP contribution in [0.4, 0.5) is 5.69 Å². The molecular weight excluding hydrogens is 390 g/mol. The first-order valence-corrected chi connectivity index (χ1v) is 11.8. The van der Waals surface area contributed by atoms with Gasteiger partial charge in [0.05, 0.1) is 24.9 Å². The van der Waals surface area contributed by atoms with Crippen molar-refractivity contribution < 1.29 is 9.47 Å². The number of fused-ring (bicyclic) bond motifs is 1. The van der Waals surface area contributed by atoms with Crippen molar-refractivity contribution in [2.45, 2.75) is 69.4 Å². The maximum atomic E-state index is 6.17. The summed E-state index contributed by atoms with van der Waals surface area (Å²) in [5, 5.41) is 12.6. The number of hydrogen-bond donors (Lipinski definition) is 1. The zero-order chi connectivity index (χ0) is 21.2. The van der Waals surface area contributed by atoms with Crippen molar-refractivity contribution in [3.05, 3.63) is 41.7 Å². The summed E-state index contributed by atoms with van der Waals surface area (Å²) >= 11 is 0. The van der Waals surface area contributed by atoms with Crippen molar-refractivity contribution in [2.24, 2.45) is 5.92 Å². The molecule has 5 rings (SSSR count). The monoisotopic (exact) mass is 425 g/mol. The Morgan fingerprint density at radius 2 is 1.81 bits per heavy atom. The average Bonchev–Trinajstić information content (AvgIpc) is 3.50. The Bertz CT molecular complexity index is 846. The Morgan fingerprint density at radius 3 is 2.58 bits per heavy atom. The summed E-state index contributed by atoms with van der Waals surface area (Å²) in [6.45, 7) is 2.12. The normalized spacial score (nSPS) is 28.7. The fraction of sp³-hybridized carbons (Fsp3) is 0.667. The lowest BCUT2D eigenvalue weighted by atomic mass is 9.86. The third-order valence-corrected chi connectivity index (χ3v) is 7.17. The van der Waals surface area contributed by atoms with Gasteiger partial charge in [0.1, 0.15) is 18.2 Å². The molecular formula is C24H35N5O2. The fourth-order valence-electron chi connectivity index (χ4n) is 5.30. The van der Waals surface area contributed by atoms with Gasteiger partial charge in [0, 0.05) is 32.5 Å². The maximum Gasteiger partial charge on any atom is 0.110 e. The van der Waals surface area contributed by atoms with Crippen molar-refractivity contribution in [3.63, 3.8) is 0 Å². The summed E-state index contributed by atoms with van der Waals surface area (Å²) in [5.41, 5.74) is 3.60. The van der Waals surface area contributed by atoms with Crippen LogP contribution in [0.1, 0.15) is 49.4 Å². The molecule has 168 valence electrons. The predicted octanol–water partition coefficient (Wildman–Crippen LogP) is 2.96. The number of benzene rings is 1. The third kappa shape index (κ3) is 4.64. The zero-order valence-electron chi connectivity index (χ0n) is 18.7. The molecule has 31 heavy (non-hydrogen) atoms. The Morgan fingerprint density at radius 1 is 1.03 bits per heavy atom. The third-order valence-electron chi connectivity index (χ3n) is 7.17. The van der Waals surface area contributed by atoms with Crippen LogP contribution in [0.15, 0.2) is 30.5 Å². The minimum Gasteiger partial charge on any atom is -0.378 e. The number of hydrogen-bond acceptors (Lipinski definition) is 6. The van der Waals surface area contributed by atoms with Crippen LogP contribution < -0.4 is 10.2 Å². The minimum absolute atomic E-state index is 0.0397. The molecule has 7 heteroatoms. The Kier molecular flexibility index (Phi) is 6.25. The number of ether oxygens (including phenoxy) is 2. The van der Waals surface area contributed by atoms with Crippen molar-refractivity contribution in [1.29, 1.82) is 0 Å². The average molecular weight is 426 g/mol. The molecule has 1 aromatic heterocycles. The number of aromatic nitrogens is 3. The van der Waals surface area contributed by atoms with E-state index < -0.39 is 0 Å². The molecule has 0 radical (unpaired) electrons. The molecule has 4 unspecified atom stereocenters. The summed E-state index contributed by atoms with van der Waals surface area (Å²) in [6, 6.07) is 8.98. The van der Waals surface area contributed by atoms with Gasteiger partial charge in [-0.05, 0) is 30.0 Å². The molecule has 2 aliphatic heterocycles. The van der Waals surface area contributed by atoms with Crippen LogP contribution in [0.5, 0.6) is 0 Å². The van der Waals surface area contributed by atoms with Gasteiger partial charge >= 0.3 is 0 Å². The summed E-state index contributed by atoms with van der Waals surface area (Å²) in [7, 11) is 4.12. The van der Waals surface area contributed by atoms with Crippen LogP contribution in [0.25, 0.3) is 0 Å². The molecule has 4 atom stereocenters. The second-order valence-electron chi connectivity index (χ2n) is 9.61. The molecule has 3 heterocycles. The molecule has 1 saturated carbocycles. The van der Waals surface area contributed by atoms with Crippen LogP contribution in [-0.4, -0.2) is 60.6 Å². The number of anilines is 1. The number of rotatable bonds is 7. The first-order chi connectivity index (χ1) is 15.2. The van der Waals surface area contributed by atoms with E-state index in [9.17, 15) is 0 Å². The van der Waals surface area contributed by atoms with E-state index in [0.717, 1.165) is 24.6 Å². The van der Waals surface area contributed by atoms with Gasteiger partial charge < -0.3 is 19.7 Å². The molecule has 3 fully saturated rings. The quantitative estimate of drug-likeness (QED) is 0.736. The van der Waals surface area contributed by atoms with E-state index in [1.54, 1.807) is 0 Å². The Labute approximate surface area is 185 Å². The van der Waals surface area contributed by atoms with Gasteiger partial charge in [0.25, 0.3) is 0 Å². The standard InChI is InChI=1S/C24H35N5O2/c1-28(2)20-10-8-18(9-11-20)13-25-21-15-30-24-22(16-31-23(21)24)29-14-19(26-27-29)12-17-6-4-3-5-7-17/h8-11,14,17,21-25H,3-7,12-13,15-16H2,1-2H3. The van der Waals surface area contributed by atoms with E-state index in [2.05, 4.69) is 65.1 Å². The summed E-state index contributed by atoms with van der Waals surface area (Å²) in [5.74, 6) is 0.773. The first kappa shape index (κ1) is 20.9. The minimum atomic E-state index is 0.0397. The van der Waals surface area contributed by atoms with Crippen molar-refractivity contribution in [1.82, 2.24) is 20.3 Å². The van der Waals surface area contributed by atoms with Crippen molar-refractivity contribution in [2.75, 3.05) is 32.2 Å². The lowest BCUT2D eigenvalue weighted by Gasteiger charge is -2.20. The second-order valence-corrected chi connectivity index (χ2v) is 9.61. The van der Waals surface area contributed by atoms with E-state index in [-0.39, 0.29) is 24.3 Å². The predicted molar refractivity (Wildman–Crippen MR) is 120 cm³/mol. The van der Waals surface area contributed by atoms with Gasteiger partial charge in [-0.1, -0.05) is 49.5 Å². The van der Waals surface area contributed by atoms with Crippen molar-refractivity contribution >= 4 is 5.69 Å². The van der Waals surface area contributed by atoms with Crippen LogP contribution in [-0.2, 0) is 22.4 Å². The highest BCUT2D eigenvalue weighted by Gasteiger charge is 2.48. The van der Waals surface area contributed by atoms with Crippen LogP contribution in [0.2, 0.25) is 0 Å². The second kappa shape index (κ2) is 9.27. The van der Waals surface area contributed by atoms with Gasteiger partial charge in [-0.2, -0.15) is 0 Å². The van der Waals surface area contributed by atoms with Gasteiger partial charge in [-0.3, -0.25) is 0 Å². The lowest BCUT2D eigenvalue weighted by molar-refractivity contribution is 0.0619. The van der Waals surface area contributed by atoms with Gasteiger partial charge in [-0.15, -0.1) is 5.10 Å². The first-order valence-electron chi connectivity index (χ1n) is 11.8. The highest BCUT2D eigenvalue weighted by molar-refractivity contribution is 5.45. The van der Waals surface area contributed by atoms with Crippen LogP contribution in [0.3, 0.4) is 0 Å². The van der Waals surface area contributed by atoms with E-state index in [1.807, 2.05) is 4.68 Å². The SMILES string of the molecule is CN(C)c1ccc(CNC2COC3C2OCC3n2cc(CC3CCCCC3)nn2)cc1. The molecule has 1 aliphatic carbocycles. The molecule has 2 aromatic rings. The van der Waals surface area contributed by atoms with E-state index in [0.29, 0.717) is 13.2 Å². The molecule has 1 N–H and O–H groups in total. The highest BCUT2D eigenvalue weighted by atomic mass is 16.6. The van der Waals surface area contributed by atoms with Gasteiger partial charge in [-0.25, -0.2) is 4.68 Å². The molecule has 0 spiro atoms. The Hall–Kier alpha value is -1.96. The largest absolute Gasteiger partial charge is 0.378 e. The van der Waals surface area contributed by atoms with Crippen LogP contribution >= 0.6 is 0 Å². The fourth-order valence-corrected chi connectivity index (χ4v) is 5.30. The highest BCUT2D eigenvalue weighted by Crippen LogP contribution is 2.34. The number of nitrogens with one attached hydrogen (secondary N) is 1. The summed E-state index contributed by atoms with van der Waals surface area (Å²) in [4.78, 5) is 2.11. The van der Waals surface area contributed by atoms with Crippen LogP contribution in [0, 0.1) is 5.92 Å². The molecule has 3 aliphatic rings. The molecule has 1 aromatic carbocycles. The summed E-state index contributed by atoms with van der Waals surface area (Å²) < 4.78 is 14.3. The van der Waals surface area contributed by atoms with E-state index >= 15 is 0 Å². The van der Waals surface area contributed by atoms with E-state index in [1.165, 1.54) is 43.4 Å². The lowest BCUT2D eigenvalue weighted by Crippen LogP contribution is -2.40. The molecule has 0 amide bonds. The van der Waals surface area contributed by atoms with Gasteiger partial charge in [0.15, 0.2) is 0 Å². The Balaban J connectivity index is 1.15. The smallest absolute Gasteiger partial charge is 0.110 e. The number of nitrogens with zero attached hydrogens (tertiary/aromatic N) is 4. The van der Waals surface area contributed by atoms with E-state index in [4.69, 9.17) is 9.47 Å². The molecule has 7 nitrogen and oxygen atoms in total. The molecule has 2 saturated heterocycles. The maximum absolute atomic E-state index is 6.17. The topological polar surface area (TPSA) is 64.4 Å². The molecule has 0 bridgehead atoms. The van der Waals surface area contributed by atoms with Gasteiger partial charge in [0.2, 0.25) is 0 Å². The van der Waals surface area contributed by atoms with Crippen molar-refractivity contribution in [3.8, 4) is 0 Å². The zero-order valence-corrected chi connectivity index (χ0v) is 18.7.